The number of nitrogens with one attached hydrogen (secondary N) is 2. The molecule has 0 aliphatic carbocycles. The van der Waals surface area contributed by atoms with Crippen molar-refractivity contribution in [1.82, 2.24) is 10.6 Å². The lowest BCUT2D eigenvalue weighted by Crippen LogP contribution is -2.52. The fourth-order valence-electron chi connectivity index (χ4n) is 1.31. The fraction of sp³-hybridized carbons (Fsp3) is 0.500. The minimum atomic E-state index is -1.05. The van der Waals surface area contributed by atoms with E-state index in [0.717, 1.165) is 0 Å². The number of hydrogen-bond acceptors (Lipinski definition) is 5. The van der Waals surface area contributed by atoms with Crippen LogP contribution in [0.5, 0.6) is 0 Å². The summed E-state index contributed by atoms with van der Waals surface area (Å²) in [6.45, 7) is 0.923. The number of aliphatic hydroxyl groups is 2. The van der Waals surface area contributed by atoms with Crippen LogP contribution in [-0.4, -0.2) is 47.3 Å². The second kappa shape index (κ2) is 6.91. The highest BCUT2D eigenvalue weighted by atomic mass is 16.3. The average molecular weight is 270 g/mol. The number of carbonyl (C=O) groups is 2. The second-order valence-electron chi connectivity index (χ2n) is 4.41. The molecular formula is C12H18N2O5. The SMILES string of the molecule is CC(CO)(CO)NC(=O)CCNC(=O)c1ccco1. The van der Waals surface area contributed by atoms with Crippen LogP contribution in [0.4, 0.5) is 0 Å². The van der Waals surface area contributed by atoms with Gasteiger partial charge in [-0.3, -0.25) is 9.59 Å². The Balaban J connectivity index is 2.29. The smallest absolute Gasteiger partial charge is 0.286 e. The van der Waals surface area contributed by atoms with E-state index >= 15 is 0 Å². The molecule has 106 valence electrons. The minimum absolute atomic E-state index is 0.0437. The number of furan rings is 1. The zero-order valence-electron chi connectivity index (χ0n) is 10.7. The van der Waals surface area contributed by atoms with Gasteiger partial charge in [-0.15, -0.1) is 0 Å². The van der Waals surface area contributed by atoms with Gasteiger partial charge in [-0.05, 0) is 19.1 Å². The van der Waals surface area contributed by atoms with Crippen LogP contribution < -0.4 is 10.6 Å². The average Bonchev–Trinajstić information content (AvgIpc) is 2.92. The van der Waals surface area contributed by atoms with E-state index in [1.54, 1.807) is 6.07 Å². The normalized spacial score (nSPS) is 11.1. The summed E-state index contributed by atoms with van der Waals surface area (Å²) in [6, 6.07) is 3.11. The summed E-state index contributed by atoms with van der Waals surface area (Å²) in [5, 5.41) is 23.0. The number of aliphatic hydroxyl groups excluding tert-OH is 2. The second-order valence-corrected chi connectivity index (χ2v) is 4.41. The van der Waals surface area contributed by atoms with E-state index in [2.05, 4.69) is 10.6 Å². The molecule has 0 bridgehead atoms. The van der Waals surface area contributed by atoms with Gasteiger partial charge in [-0.25, -0.2) is 0 Å². The third-order valence-electron chi connectivity index (χ3n) is 2.52. The van der Waals surface area contributed by atoms with Crippen LogP contribution in [0.3, 0.4) is 0 Å². The van der Waals surface area contributed by atoms with E-state index in [1.165, 1.54) is 19.3 Å². The van der Waals surface area contributed by atoms with Crippen LogP contribution >= 0.6 is 0 Å². The largest absolute Gasteiger partial charge is 0.459 e. The molecule has 1 rings (SSSR count). The molecule has 0 spiro atoms. The monoisotopic (exact) mass is 270 g/mol. The maximum Gasteiger partial charge on any atom is 0.286 e. The highest BCUT2D eigenvalue weighted by Gasteiger charge is 2.24. The van der Waals surface area contributed by atoms with Crippen molar-refractivity contribution in [2.75, 3.05) is 19.8 Å². The van der Waals surface area contributed by atoms with Crippen molar-refractivity contribution in [3.8, 4) is 0 Å². The summed E-state index contributed by atoms with van der Waals surface area (Å²) in [5.74, 6) is -0.591. The number of rotatable bonds is 7. The number of hydrogen-bond donors (Lipinski definition) is 4. The predicted octanol–water partition coefficient (Wildman–Crippen LogP) is -0.741. The molecule has 1 heterocycles. The Hall–Kier alpha value is -1.86. The molecule has 0 saturated carbocycles. The maximum atomic E-state index is 11.5. The van der Waals surface area contributed by atoms with Gasteiger partial charge in [0.2, 0.25) is 5.91 Å². The van der Waals surface area contributed by atoms with Gasteiger partial charge < -0.3 is 25.3 Å². The zero-order valence-corrected chi connectivity index (χ0v) is 10.7. The first-order valence-corrected chi connectivity index (χ1v) is 5.85. The van der Waals surface area contributed by atoms with Crippen molar-refractivity contribution in [2.45, 2.75) is 18.9 Å². The van der Waals surface area contributed by atoms with Crippen LogP contribution in [0, 0.1) is 0 Å². The molecule has 0 saturated heterocycles. The molecule has 4 N–H and O–H groups in total. The maximum absolute atomic E-state index is 11.5. The summed E-state index contributed by atoms with van der Waals surface area (Å²) in [5.41, 5.74) is -1.05. The predicted molar refractivity (Wildman–Crippen MR) is 66.4 cm³/mol. The van der Waals surface area contributed by atoms with Crippen LogP contribution in [-0.2, 0) is 4.79 Å². The minimum Gasteiger partial charge on any atom is -0.459 e. The fourth-order valence-corrected chi connectivity index (χ4v) is 1.31. The molecule has 0 atom stereocenters. The summed E-state index contributed by atoms with van der Waals surface area (Å²) in [7, 11) is 0. The van der Waals surface area contributed by atoms with E-state index in [0.29, 0.717) is 0 Å². The molecule has 7 heteroatoms. The van der Waals surface area contributed by atoms with E-state index in [4.69, 9.17) is 14.6 Å². The Kier molecular flexibility index (Phi) is 5.53. The standard InChI is InChI=1S/C12H18N2O5/c1-12(7-15,8-16)14-10(17)4-5-13-11(18)9-3-2-6-19-9/h2-3,6,15-16H,4-5,7-8H2,1H3,(H,13,18)(H,14,17). The molecule has 0 aromatic carbocycles. The van der Waals surface area contributed by atoms with Gasteiger partial charge in [-0.1, -0.05) is 0 Å². The first-order valence-electron chi connectivity index (χ1n) is 5.85. The molecule has 0 aliphatic rings. The molecule has 0 aliphatic heterocycles. The van der Waals surface area contributed by atoms with Crippen molar-refractivity contribution >= 4 is 11.8 Å². The number of carbonyl (C=O) groups excluding carboxylic acids is 2. The molecular weight excluding hydrogens is 252 g/mol. The van der Waals surface area contributed by atoms with Gasteiger partial charge in [0.15, 0.2) is 5.76 Å². The van der Waals surface area contributed by atoms with Gasteiger partial charge in [0.05, 0.1) is 25.0 Å². The van der Waals surface area contributed by atoms with Crippen molar-refractivity contribution in [3.63, 3.8) is 0 Å². The summed E-state index contributed by atoms with van der Waals surface area (Å²) >= 11 is 0. The van der Waals surface area contributed by atoms with Crippen LogP contribution in [0.1, 0.15) is 23.9 Å². The molecule has 0 fully saturated rings. The first kappa shape index (κ1) is 15.2. The van der Waals surface area contributed by atoms with E-state index < -0.39 is 11.4 Å². The highest BCUT2D eigenvalue weighted by molar-refractivity contribution is 5.91. The Morgan fingerprint density at radius 3 is 2.58 bits per heavy atom. The van der Waals surface area contributed by atoms with Crippen molar-refractivity contribution < 1.29 is 24.2 Å². The quantitative estimate of drug-likeness (QED) is 0.521. The van der Waals surface area contributed by atoms with Crippen LogP contribution in [0.15, 0.2) is 22.8 Å². The molecule has 1 aromatic rings. The topological polar surface area (TPSA) is 112 Å². The third kappa shape index (κ3) is 4.72. The number of amides is 2. The summed E-state index contributed by atoms with van der Waals surface area (Å²) in [4.78, 5) is 23.0. The molecule has 19 heavy (non-hydrogen) atoms. The van der Waals surface area contributed by atoms with Gasteiger partial charge >= 0.3 is 0 Å². The third-order valence-corrected chi connectivity index (χ3v) is 2.52. The van der Waals surface area contributed by atoms with Crippen molar-refractivity contribution in [2.24, 2.45) is 0 Å². The van der Waals surface area contributed by atoms with Gasteiger partial charge in [0.25, 0.3) is 5.91 Å². The van der Waals surface area contributed by atoms with Gasteiger partial charge in [0.1, 0.15) is 0 Å². The molecule has 1 aromatic heterocycles. The molecule has 0 radical (unpaired) electrons. The van der Waals surface area contributed by atoms with Crippen molar-refractivity contribution in [1.29, 1.82) is 0 Å². The molecule has 2 amide bonds. The Bertz CT molecular complexity index is 412. The van der Waals surface area contributed by atoms with Gasteiger partial charge in [0, 0.05) is 13.0 Å². The molecule has 7 nitrogen and oxygen atoms in total. The highest BCUT2D eigenvalue weighted by Crippen LogP contribution is 2.01. The van der Waals surface area contributed by atoms with E-state index in [-0.39, 0.29) is 37.8 Å². The Labute approximate surface area is 110 Å². The van der Waals surface area contributed by atoms with Crippen molar-refractivity contribution in [3.05, 3.63) is 24.2 Å². The van der Waals surface area contributed by atoms with Crippen LogP contribution in [0.2, 0.25) is 0 Å². The summed E-state index contributed by atoms with van der Waals surface area (Å²) in [6.07, 6.45) is 1.43. The lowest BCUT2D eigenvalue weighted by molar-refractivity contribution is -0.123. The Morgan fingerprint density at radius 2 is 2.05 bits per heavy atom. The Morgan fingerprint density at radius 1 is 1.37 bits per heavy atom. The first-order chi connectivity index (χ1) is 9.00. The molecule has 0 unspecified atom stereocenters. The lowest BCUT2D eigenvalue weighted by atomic mass is 10.1. The van der Waals surface area contributed by atoms with E-state index in [9.17, 15) is 9.59 Å². The van der Waals surface area contributed by atoms with Gasteiger partial charge in [-0.2, -0.15) is 0 Å². The summed E-state index contributed by atoms with van der Waals surface area (Å²) < 4.78 is 4.89. The van der Waals surface area contributed by atoms with E-state index in [1.807, 2.05) is 0 Å². The lowest BCUT2D eigenvalue weighted by Gasteiger charge is -2.26. The zero-order chi connectivity index (χ0) is 14.3. The van der Waals surface area contributed by atoms with Crippen LogP contribution in [0.25, 0.3) is 0 Å².